The number of hydrogen-bond acceptors (Lipinski definition) is 3. The number of sulfonamides is 1. The quantitative estimate of drug-likeness (QED) is 0.844. The summed E-state index contributed by atoms with van der Waals surface area (Å²) in [5, 5.41) is 8.96. The second-order valence-electron chi connectivity index (χ2n) is 4.86. The van der Waals surface area contributed by atoms with Gasteiger partial charge in [0.25, 0.3) is 0 Å². The van der Waals surface area contributed by atoms with Crippen LogP contribution in [0.25, 0.3) is 0 Å². The predicted molar refractivity (Wildman–Crippen MR) is 78.1 cm³/mol. The van der Waals surface area contributed by atoms with Gasteiger partial charge in [-0.3, -0.25) is 0 Å². The molecule has 124 valence electrons. The molecule has 0 saturated heterocycles. The molecule has 2 rings (SSSR count). The Morgan fingerprint density at radius 1 is 1.00 bits per heavy atom. The average Bonchev–Trinajstić information content (AvgIpc) is 2.50. The number of rotatable bonds is 6. The second-order valence-corrected chi connectivity index (χ2v) is 6.67. The van der Waals surface area contributed by atoms with Gasteiger partial charge < -0.3 is 5.11 Å². The monoisotopic (exact) mass is 345 g/mol. The van der Waals surface area contributed by atoms with Crippen LogP contribution in [0.3, 0.4) is 0 Å². The summed E-state index contributed by atoms with van der Waals surface area (Å²) >= 11 is 0. The summed E-state index contributed by atoms with van der Waals surface area (Å²) in [5.41, 5.74) is -0.106. The molecule has 0 aliphatic rings. The molecule has 0 radical (unpaired) electrons. The van der Waals surface area contributed by atoms with Gasteiger partial charge in [0.1, 0.15) is 17.5 Å². The first-order valence-corrected chi connectivity index (χ1v) is 8.26. The lowest BCUT2D eigenvalue weighted by Crippen LogP contribution is -2.25. The summed E-state index contributed by atoms with van der Waals surface area (Å²) in [6.45, 7) is -0.710. The molecule has 8 heteroatoms. The molecule has 0 bridgehead atoms. The van der Waals surface area contributed by atoms with Crippen molar-refractivity contribution in [1.29, 1.82) is 0 Å². The van der Waals surface area contributed by atoms with Crippen LogP contribution in [0, 0.1) is 17.5 Å². The van der Waals surface area contributed by atoms with E-state index >= 15 is 0 Å². The van der Waals surface area contributed by atoms with Crippen LogP contribution in [0.4, 0.5) is 13.2 Å². The fourth-order valence-electron chi connectivity index (χ4n) is 1.96. The summed E-state index contributed by atoms with van der Waals surface area (Å²) in [6, 6.07) is 6.85. The minimum atomic E-state index is -3.99. The molecule has 0 spiro atoms. The molecule has 23 heavy (non-hydrogen) atoms. The van der Waals surface area contributed by atoms with Gasteiger partial charge in [-0.05, 0) is 29.8 Å². The van der Waals surface area contributed by atoms with Crippen LogP contribution in [0.2, 0.25) is 0 Å². The van der Waals surface area contributed by atoms with Gasteiger partial charge >= 0.3 is 0 Å². The van der Waals surface area contributed by atoms with E-state index in [1.165, 1.54) is 12.1 Å². The Balaban J connectivity index is 2.10. The van der Waals surface area contributed by atoms with Gasteiger partial charge in [0, 0.05) is 17.7 Å². The zero-order valence-corrected chi connectivity index (χ0v) is 12.7. The maximum Gasteiger partial charge on any atom is 0.216 e. The predicted octanol–water partition coefficient (Wildman–Crippen LogP) is 2.22. The molecule has 2 aromatic carbocycles. The summed E-state index contributed by atoms with van der Waals surface area (Å²) in [5.74, 6) is -3.34. The van der Waals surface area contributed by atoms with Crippen molar-refractivity contribution in [2.24, 2.45) is 0 Å². The lowest BCUT2D eigenvalue weighted by Gasteiger charge is -2.09. The normalized spacial score (nSPS) is 11.7. The maximum atomic E-state index is 13.5. The Hall–Kier alpha value is -1.90. The van der Waals surface area contributed by atoms with Crippen molar-refractivity contribution >= 4 is 10.0 Å². The average molecular weight is 345 g/mol. The number of benzene rings is 2. The number of hydrogen-bond donors (Lipinski definition) is 2. The first-order chi connectivity index (χ1) is 10.8. The van der Waals surface area contributed by atoms with Crippen LogP contribution in [0.5, 0.6) is 0 Å². The SMILES string of the molecule is O=S(=O)(Cc1c(F)cccc1F)NCc1ccc(F)c(CO)c1. The molecule has 4 nitrogen and oxygen atoms in total. The largest absolute Gasteiger partial charge is 0.392 e. The number of nitrogens with one attached hydrogen (secondary N) is 1. The highest BCUT2D eigenvalue weighted by atomic mass is 32.2. The number of aliphatic hydroxyl groups is 1. The Labute approximate surface area is 131 Å². The molecule has 2 aromatic rings. The first-order valence-electron chi connectivity index (χ1n) is 6.61. The van der Waals surface area contributed by atoms with E-state index in [1.807, 2.05) is 0 Å². The molecular weight excluding hydrogens is 331 g/mol. The van der Waals surface area contributed by atoms with Gasteiger partial charge in [0.15, 0.2) is 0 Å². The van der Waals surface area contributed by atoms with Gasteiger partial charge in [-0.15, -0.1) is 0 Å². The van der Waals surface area contributed by atoms with E-state index in [0.717, 1.165) is 24.3 Å². The molecule has 0 fully saturated rings. The van der Waals surface area contributed by atoms with E-state index in [4.69, 9.17) is 5.11 Å². The van der Waals surface area contributed by atoms with Crippen LogP contribution in [-0.2, 0) is 28.9 Å². The van der Waals surface area contributed by atoms with E-state index in [-0.39, 0.29) is 12.1 Å². The van der Waals surface area contributed by atoms with Crippen molar-refractivity contribution in [3.8, 4) is 0 Å². The molecule has 0 aliphatic carbocycles. The van der Waals surface area contributed by atoms with E-state index in [1.54, 1.807) is 0 Å². The molecule has 0 aromatic heterocycles. The minimum absolute atomic E-state index is 0.0295. The maximum absolute atomic E-state index is 13.5. The first kappa shape index (κ1) is 17.5. The van der Waals surface area contributed by atoms with Gasteiger partial charge in [0.2, 0.25) is 10.0 Å². The van der Waals surface area contributed by atoms with E-state index < -0.39 is 45.4 Å². The number of halogens is 3. The summed E-state index contributed by atoms with van der Waals surface area (Å²) < 4.78 is 66.3. The smallest absolute Gasteiger partial charge is 0.216 e. The summed E-state index contributed by atoms with van der Waals surface area (Å²) in [4.78, 5) is 0. The highest BCUT2D eigenvalue weighted by Crippen LogP contribution is 2.16. The molecular formula is C15H14F3NO3S. The van der Waals surface area contributed by atoms with Crippen LogP contribution < -0.4 is 4.72 Å². The van der Waals surface area contributed by atoms with Gasteiger partial charge in [-0.25, -0.2) is 26.3 Å². The fraction of sp³-hybridized carbons (Fsp3) is 0.200. The fourth-order valence-corrected chi connectivity index (χ4v) is 3.11. The highest BCUT2D eigenvalue weighted by molar-refractivity contribution is 7.88. The summed E-state index contributed by atoms with van der Waals surface area (Å²) in [6.07, 6.45) is 0. The van der Waals surface area contributed by atoms with E-state index in [2.05, 4.69) is 4.72 Å². The van der Waals surface area contributed by atoms with Crippen molar-refractivity contribution in [1.82, 2.24) is 4.72 Å². The third kappa shape index (κ3) is 4.54. The molecule has 0 amide bonds. The van der Waals surface area contributed by atoms with Crippen molar-refractivity contribution in [2.75, 3.05) is 0 Å². The van der Waals surface area contributed by atoms with Crippen LogP contribution in [-0.4, -0.2) is 13.5 Å². The van der Waals surface area contributed by atoms with E-state index in [0.29, 0.717) is 5.56 Å². The molecule has 0 saturated carbocycles. The molecule has 0 unspecified atom stereocenters. The molecule has 2 N–H and O–H groups in total. The second kappa shape index (κ2) is 7.12. The molecule has 0 atom stereocenters. The van der Waals surface area contributed by atoms with Gasteiger partial charge in [-0.2, -0.15) is 0 Å². The lowest BCUT2D eigenvalue weighted by molar-refractivity contribution is 0.275. The molecule has 0 aliphatic heterocycles. The van der Waals surface area contributed by atoms with Crippen molar-refractivity contribution in [3.05, 3.63) is 70.5 Å². The third-order valence-electron chi connectivity index (χ3n) is 3.17. The van der Waals surface area contributed by atoms with Crippen molar-refractivity contribution in [2.45, 2.75) is 18.9 Å². The summed E-state index contributed by atoms with van der Waals surface area (Å²) in [7, 11) is -3.99. The Morgan fingerprint density at radius 3 is 2.26 bits per heavy atom. The Bertz CT molecular complexity index is 789. The Morgan fingerprint density at radius 2 is 1.65 bits per heavy atom. The molecule has 0 heterocycles. The van der Waals surface area contributed by atoms with Crippen molar-refractivity contribution in [3.63, 3.8) is 0 Å². The minimum Gasteiger partial charge on any atom is -0.392 e. The lowest BCUT2D eigenvalue weighted by atomic mass is 10.1. The van der Waals surface area contributed by atoms with Crippen molar-refractivity contribution < 1.29 is 26.7 Å². The van der Waals surface area contributed by atoms with E-state index in [9.17, 15) is 21.6 Å². The third-order valence-corrected chi connectivity index (χ3v) is 4.43. The zero-order chi connectivity index (χ0) is 17.0. The zero-order valence-electron chi connectivity index (χ0n) is 11.9. The topological polar surface area (TPSA) is 66.4 Å². The van der Waals surface area contributed by atoms with Crippen LogP contribution >= 0.6 is 0 Å². The van der Waals surface area contributed by atoms with Gasteiger partial charge in [-0.1, -0.05) is 12.1 Å². The highest BCUT2D eigenvalue weighted by Gasteiger charge is 2.18. The Kier molecular flexibility index (Phi) is 5.40. The van der Waals surface area contributed by atoms with Crippen LogP contribution in [0.1, 0.15) is 16.7 Å². The van der Waals surface area contributed by atoms with Gasteiger partial charge in [0.05, 0.1) is 12.4 Å². The standard InChI is InChI=1S/C15H14F3NO3S/c16-13-5-4-10(6-11(13)8-20)7-19-23(21,22)9-12-14(17)2-1-3-15(12)18/h1-6,19-20H,7-9H2. The van der Waals surface area contributed by atoms with Crippen LogP contribution in [0.15, 0.2) is 36.4 Å². The number of aliphatic hydroxyl groups excluding tert-OH is 1.